The first-order chi connectivity index (χ1) is 16.1. The molecule has 0 radical (unpaired) electrons. The van der Waals surface area contributed by atoms with E-state index in [0.717, 1.165) is 42.8 Å². The van der Waals surface area contributed by atoms with Crippen LogP contribution in [0.25, 0.3) is 0 Å². The molecule has 1 saturated heterocycles. The number of allylic oxidation sites excluding steroid dienone is 4. The molecular weight excluding hydrogens is 438 g/mol. The predicted octanol–water partition coefficient (Wildman–Crippen LogP) is 5.42. The Morgan fingerprint density at radius 2 is 1.94 bits per heavy atom. The molecule has 0 spiro atoms. The first-order valence-electron chi connectivity index (χ1n) is 12.2. The van der Waals surface area contributed by atoms with Crippen LogP contribution in [0, 0.1) is 0 Å². The Kier molecular flexibility index (Phi) is 8.68. The molecule has 3 heterocycles. The van der Waals surface area contributed by atoms with Crippen molar-refractivity contribution in [2.75, 3.05) is 31.2 Å². The predicted molar refractivity (Wildman–Crippen MR) is 131 cm³/mol. The van der Waals surface area contributed by atoms with Crippen LogP contribution >= 0.6 is 0 Å². The van der Waals surface area contributed by atoms with Gasteiger partial charge >= 0.3 is 0 Å². The number of hydrogen-bond donors (Lipinski definition) is 0. The first-order valence-corrected chi connectivity index (χ1v) is 12.2. The van der Waals surface area contributed by atoms with E-state index in [1.165, 1.54) is 0 Å². The van der Waals surface area contributed by atoms with Gasteiger partial charge in [-0.25, -0.2) is 8.78 Å². The normalized spacial score (nSPS) is 17.1. The summed E-state index contributed by atoms with van der Waals surface area (Å²) in [5, 5.41) is 5.09. The van der Waals surface area contributed by atoms with Gasteiger partial charge in [0.15, 0.2) is 5.82 Å². The third-order valence-corrected chi connectivity index (χ3v) is 6.58. The summed E-state index contributed by atoms with van der Waals surface area (Å²) < 4.78 is 35.4. The molecule has 188 valence electrons. The van der Waals surface area contributed by atoms with Crippen molar-refractivity contribution in [3.63, 3.8) is 0 Å². The second kappa shape index (κ2) is 11.3. The fraction of sp³-hybridized carbons (Fsp3) is 0.615. The molecule has 0 N–H and O–H groups in total. The lowest BCUT2D eigenvalue weighted by Gasteiger charge is -2.31. The molecule has 0 aromatic carbocycles. The molecule has 6 nitrogen and oxygen atoms in total. The third-order valence-electron chi connectivity index (χ3n) is 6.58. The van der Waals surface area contributed by atoms with E-state index >= 15 is 0 Å². The summed E-state index contributed by atoms with van der Waals surface area (Å²) in [6.07, 6.45) is 2.27. The highest BCUT2D eigenvalue weighted by atomic mass is 19.3. The van der Waals surface area contributed by atoms with Crippen molar-refractivity contribution >= 4 is 11.7 Å². The van der Waals surface area contributed by atoms with Crippen molar-refractivity contribution < 1.29 is 18.3 Å². The van der Waals surface area contributed by atoms with E-state index in [-0.39, 0.29) is 17.5 Å². The summed E-state index contributed by atoms with van der Waals surface area (Å²) in [5.74, 6) is 0.767. The molecule has 1 amide bonds. The van der Waals surface area contributed by atoms with E-state index in [1.54, 1.807) is 26.8 Å². The number of aromatic nitrogens is 2. The highest BCUT2D eigenvalue weighted by molar-refractivity contribution is 5.74. The SMILES string of the molecule is C=C(C)/C(=C\C(=C(C)C)C(F)F)N(CCC)c1nn(C2CCOCC2)c2c1CN(C(C)=O)CC2. The summed E-state index contributed by atoms with van der Waals surface area (Å²) in [7, 11) is 0. The van der Waals surface area contributed by atoms with Crippen LogP contribution in [0.5, 0.6) is 0 Å². The second-order valence-electron chi connectivity index (χ2n) is 9.45. The maximum Gasteiger partial charge on any atom is 0.263 e. The molecular formula is C26H38F2N4O2. The Labute approximate surface area is 201 Å². The van der Waals surface area contributed by atoms with Gasteiger partial charge in [-0.3, -0.25) is 9.48 Å². The zero-order valence-electron chi connectivity index (χ0n) is 21.2. The van der Waals surface area contributed by atoms with Crippen LogP contribution in [-0.4, -0.2) is 53.3 Å². The number of fused-ring (bicyclic) bond motifs is 1. The molecule has 0 bridgehead atoms. The first kappa shape index (κ1) is 26.1. The third kappa shape index (κ3) is 5.59. The molecule has 2 aliphatic heterocycles. The number of amides is 1. The molecule has 0 atom stereocenters. The molecule has 1 aromatic heterocycles. The molecule has 1 fully saturated rings. The molecule has 2 aliphatic rings. The maximum atomic E-state index is 13.9. The van der Waals surface area contributed by atoms with Crippen LogP contribution in [0.2, 0.25) is 0 Å². The van der Waals surface area contributed by atoms with Crippen LogP contribution in [-0.2, 0) is 22.5 Å². The van der Waals surface area contributed by atoms with E-state index in [4.69, 9.17) is 9.84 Å². The minimum atomic E-state index is -2.58. The Bertz CT molecular complexity index is 970. The molecule has 0 aliphatic carbocycles. The van der Waals surface area contributed by atoms with Crippen LogP contribution < -0.4 is 4.90 Å². The number of anilines is 1. The Hall–Kier alpha value is -2.48. The van der Waals surface area contributed by atoms with Gasteiger partial charge in [0.25, 0.3) is 6.43 Å². The van der Waals surface area contributed by atoms with E-state index in [2.05, 4.69) is 18.2 Å². The van der Waals surface area contributed by atoms with Gasteiger partial charge in [-0.2, -0.15) is 5.10 Å². The number of alkyl halides is 2. The lowest BCUT2D eigenvalue weighted by atomic mass is 10.0. The Morgan fingerprint density at radius 1 is 1.26 bits per heavy atom. The van der Waals surface area contributed by atoms with Gasteiger partial charge in [0.2, 0.25) is 5.91 Å². The number of ether oxygens (including phenoxy) is 1. The largest absolute Gasteiger partial charge is 0.381 e. The molecule has 1 aromatic rings. The molecule has 3 rings (SSSR count). The fourth-order valence-electron chi connectivity index (χ4n) is 4.71. The van der Waals surface area contributed by atoms with E-state index in [0.29, 0.717) is 49.7 Å². The summed E-state index contributed by atoms with van der Waals surface area (Å²) >= 11 is 0. The number of nitrogens with zero attached hydrogens (tertiary/aromatic N) is 4. The van der Waals surface area contributed by atoms with Crippen molar-refractivity contribution in [1.29, 1.82) is 0 Å². The average molecular weight is 477 g/mol. The van der Waals surface area contributed by atoms with E-state index < -0.39 is 6.43 Å². The molecule has 34 heavy (non-hydrogen) atoms. The Balaban J connectivity index is 2.18. The van der Waals surface area contributed by atoms with Gasteiger partial charge in [0.1, 0.15) is 0 Å². The summed E-state index contributed by atoms with van der Waals surface area (Å²) in [6.45, 7) is 16.1. The topological polar surface area (TPSA) is 50.6 Å². The average Bonchev–Trinajstić information content (AvgIpc) is 3.17. The van der Waals surface area contributed by atoms with Gasteiger partial charge < -0.3 is 14.5 Å². The minimum Gasteiger partial charge on any atom is -0.381 e. The van der Waals surface area contributed by atoms with Crippen molar-refractivity contribution in [2.45, 2.75) is 79.3 Å². The van der Waals surface area contributed by atoms with Gasteiger partial charge in [0.05, 0.1) is 12.6 Å². The van der Waals surface area contributed by atoms with Gasteiger partial charge in [0, 0.05) is 62.2 Å². The van der Waals surface area contributed by atoms with E-state index in [9.17, 15) is 13.6 Å². The van der Waals surface area contributed by atoms with Crippen LogP contribution in [0.3, 0.4) is 0 Å². The van der Waals surface area contributed by atoms with Crippen molar-refractivity contribution in [2.24, 2.45) is 0 Å². The second-order valence-corrected chi connectivity index (χ2v) is 9.45. The molecule has 8 heteroatoms. The lowest BCUT2D eigenvalue weighted by Crippen LogP contribution is -2.36. The van der Waals surface area contributed by atoms with E-state index in [1.807, 2.05) is 16.7 Å². The van der Waals surface area contributed by atoms with Crippen molar-refractivity contribution in [3.8, 4) is 0 Å². The molecule has 0 saturated carbocycles. The highest BCUT2D eigenvalue weighted by Gasteiger charge is 2.32. The number of halogens is 2. The zero-order valence-corrected chi connectivity index (χ0v) is 21.2. The van der Waals surface area contributed by atoms with Crippen LogP contribution in [0.4, 0.5) is 14.6 Å². The fourth-order valence-corrected chi connectivity index (χ4v) is 4.71. The number of carbonyl (C=O) groups excluding carboxylic acids is 1. The zero-order chi connectivity index (χ0) is 25.0. The summed E-state index contributed by atoms with van der Waals surface area (Å²) in [5.41, 5.74) is 4.05. The maximum absolute atomic E-state index is 13.9. The van der Waals surface area contributed by atoms with Crippen LogP contribution in [0.1, 0.15) is 71.2 Å². The molecule has 0 unspecified atom stereocenters. The quantitative estimate of drug-likeness (QED) is 0.471. The standard InChI is InChI=1S/C26H38F2N4O2/c1-7-11-31(24(18(4)5)15-21(17(2)3)25(27)28)26-22-16-30(19(6)33)12-8-23(22)32(29-26)20-9-13-34-14-10-20/h15,20,25H,4,7-14,16H2,1-3,5-6H3/b24-15+. The minimum absolute atomic E-state index is 0.00203. The Morgan fingerprint density at radius 3 is 2.47 bits per heavy atom. The lowest BCUT2D eigenvalue weighted by molar-refractivity contribution is -0.129. The summed E-state index contributed by atoms with van der Waals surface area (Å²) in [4.78, 5) is 16.1. The highest BCUT2D eigenvalue weighted by Crippen LogP contribution is 2.36. The van der Waals surface area contributed by atoms with Crippen molar-refractivity contribution in [1.82, 2.24) is 14.7 Å². The number of rotatable bonds is 8. The van der Waals surface area contributed by atoms with Gasteiger partial charge in [-0.05, 0) is 51.7 Å². The number of hydrogen-bond acceptors (Lipinski definition) is 4. The monoisotopic (exact) mass is 476 g/mol. The smallest absolute Gasteiger partial charge is 0.263 e. The number of carbonyl (C=O) groups is 1. The van der Waals surface area contributed by atoms with Gasteiger partial charge in [-0.15, -0.1) is 0 Å². The van der Waals surface area contributed by atoms with Gasteiger partial charge in [-0.1, -0.05) is 19.1 Å². The summed E-state index contributed by atoms with van der Waals surface area (Å²) in [6, 6.07) is 0.232. The van der Waals surface area contributed by atoms with Crippen molar-refractivity contribution in [3.05, 3.63) is 46.3 Å². The van der Waals surface area contributed by atoms with Crippen LogP contribution in [0.15, 0.2) is 35.1 Å².